The van der Waals surface area contributed by atoms with Crippen LogP contribution in [-0.2, 0) is 0 Å². The molecule has 20 heavy (non-hydrogen) atoms. The predicted molar refractivity (Wildman–Crippen MR) is 81.4 cm³/mol. The molecule has 0 aliphatic carbocycles. The Kier molecular flexibility index (Phi) is 3.83. The van der Waals surface area contributed by atoms with Gasteiger partial charge in [0.25, 0.3) is 5.91 Å². The maximum absolute atomic E-state index is 12.6. The van der Waals surface area contributed by atoms with Crippen molar-refractivity contribution in [1.29, 1.82) is 0 Å². The topological polar surface area (TPSA) is 33.2 Å². The first-order valence-electron chi connectivity index (χ1n) is 6.73. The van der Waals surface area contributed by atoms with E-state index in [1.54, 1.807) is 0 Å². The summed E-state index contributed by atoms with van der Waals surface area (Å²) in [4.78, 5) is 18.8. The number of nitrogens with zero attached hydrogens (tertiary/aromatic N) is 2. The Labute approximate surface area is 126 Å². The number of aromatic nitrogens is 1. The van der Waals surface area contributed by atoms with E-state index in [4.69, 9.17) is 0 Å². The van der Waals surface area contributed by atoms with E-state index in [2.05, 4.69) is 20.9 Å². The quantitative estimate of drug-likeness (QED) is 0.784. The van der Waals surface area contributed by atoms with Crippen molar-refractivity contribution >= 4 is 21.8 Å². The highest BCUT2D eigenvalue weighted by Crippen LogP contribution is 2.33. The first-order valence-corrected chi connectivity index (χ1v) is 7.52. The average molecular weight is 331 g/mol. The molecule has 102 valence electrons. The van der Waals surface area contributed by atoms with Crippen molar-refractivity contribution in [2.45, 2.75) is 18.9 Å². The molecule has 0 spiro atoms. The van der Waals surface area contributed by atoms with Gasteiger partial charge in [-0.3, -0.25) is 4.79 Å². The molecule has 1 aliphatic rings. The van der Waals surface area contributed by atoms with Crippen LogP contribution in [0.2, 0.25) is 0 Å². The summed E-state index contributed by atoms with van der Waals surface area (Å²) in [5.74, 6) is 0.107. The maximum Gasteiger partial charge on any atom is 0.254 e. The van der Waals surface area contributed by atoms with Gasteiger partial charge in [0.05, 0.1) is 6.04 Å². The van der Waals surface area contributed by atoms with Gasteiger partial charge >= 0.3 is 0 Å². The average Bonchev–Trinajstić information content (AvgIpc) is 2.97. The highest BCUT2D eigenvalue weighted by atomic mass is 79.9. The molecule has 1 unspecified atom stereocenters. The van der Waals surface area contributed by atoms with E-state index in [-0.39, 0.29) is 11.9 Å². The van der Waals surface area contributed by atoms with E-state index in [9.17, 15) is 4.79 Å². The molecular formula is C16H15BrN2O. The van der Waals surface area contributed by atoms with E-state index in [0.717, 1.165) is 35.1 Å². The van der Waals surface area contributed by atoms with Gasteiger partial charge in [-0.25, -0.2) is 4.98 Å². The molecule has 0 saturated carbocycles. The lowest BCUT2D eigenvalue weighted by Gasteiger charge is -2.25. The van der Waals surface area contributed by atoms with Crippen LogP contribution in [0.3, 0.4) is 0 Å². The SMILES string of the molecule is O=C(c1ccccc1)N1CCCC1c1ccc(Br)nc1. The molecule has 1 fully saturated rings. The maximum atomic E-state index is 12.6. The number of halogens is 1. The molecule has 1 saturated heterocycles. The molecule has 1 aromatic carbocycles. The van der Waals surface area contributed by atoms with Crippen LogP contribution in [0.25, 0.3) is 0 Å². The van der Waals surface area contributed by atoms with Crippen molar-refractivity contribution in [3.63, 3.8) is 0 Å². The Morgan fingerprint density at radius 3 is 2.70 bits per heavy atom. The van der Waals surface area contributed by atoms with Crippen molar-refractivity contribution < 1.29 is 4.79 Å². The second kappa shape index (κ2) is 5.75. The summed E-state index contributed by atoms with van der Waals surface area (Å²) in [6.45, 7) is 0.814. The standard InChI is InChI=1S/C16H15BrN2O/c17-15-9-8-13(11-18-15)14-7-4-10-19(14)16(20)12-5-2-1-3-6-12/h1-3,5-6,8-9,11,14H,4,7,10H2. The minimum atomic E-state index is 0.107. The van der Waals surface area contributed by atoms with Crippen LogP contribution in [0, 0.1) is 0 Å². The van der Waals surface area contributed by atoms with Crippen molar-refractivity contribution in [2.75, 3.05) is 6.54 Å². The largest absolute Gasteiger partial charge is 0.332 e. The number of amides is 1. The van der Waals surface area contributed by atoms with Gasteiger partial charge in [0.2, 0.25) is 0 Å². The zero-order valence-electron chi connectivity index (χ0n) is 11.0. The summed E-state index contributed by atoms with van der Waals surface area (Å²) in [5, 5.41) is 0. The van der Waals surface area contributed by atoms with Gasteiger partial charge in [-0.05, 0) is 52.5 Å². The van der Waals surface area contributed by atoms with Crippen molar-refractivity contribution in [3.05, 3.63) is 64.4 Å². The lowest BCUT2D eigenvalue weighted by molar-refractivity contribution is 0.0735. The molecule has 3 rings (SSSR count). The van der Waals surface area contributed by atoms with Crippen LogP contribution in [0.1, 0.15) is 34.8 Å². The normalized spacial score (nSPS) is 18.2. The lowest BCUT2D eigenvalue weighted by atomic mass is 10.1. The third-order valence-electron chi connectivity index (χ3n) is 3.67. The fourth-order valence-electron chi connectivity index (χ4n) is 2.69. The molecule has 1 aliphatic heterocycles. The third-order valence-corrected chi connectivity index (χ3v) is 4.14. The predicted octanol–water partition coefficient (Wildman–Crippen LogP) is 3.82. The van der Waals surface area contributed by atoms with Crippen LogP contribution in [0.5, 0.6) is 0 Å². The number of carbonyl (C=O) groups excluding carboxylic acids is 1. The van der Waals surface area contributed by atoms with E-state index in [1.165, 1.54) is 0 Å². The van der Waals surface area contributed by atoms with Crippen LogP contribution >= 0.6 is 15.9 Å². The Balaban J connectivity index is 1.86. The summed E-state index contributed by atoms with van der Waals surface area (Å²) < 4.78 is 0.820. The lowest BCUT2D eigenvalue weighted by Crippen LogP contribution is -2.30. The summed E-state index contributed by atoms with van der Waals surface area (Å²) in [7, 11) is 0. The third kappa shape index (κ3) is 2.61. The molecular weight excluding hydrogens is 316 g/mol. The van der Waals surface area contributed by atoms with Gasteiger partial charge in [0.15, 0.2) is 0 Å². The second-order valence-corrected chi connectivity index (χ2v) is 5.75. The zero-order chi connectivity index (χ0) is 13.9. The number of hydrogen-bond acceptors (Lipinski definition) is 2. The van der Waals surface area contributed by atoms with Gasteiger partial charge in [-0.2, -0.15) is 0 Å². The summed E-state index contributed by atoms with van der Waals surface area (Å²) in [6.07, 6.45) is 3.90. The van der Waals surface area contributed by atoms with Gasteiger partial charge in [0.1, 0.15) is 4.60 Å². The number of likely N-dealkylation sites (tertiary alicyclic amines) is 1. The fourth-order valence-corrected chi connectivity index (χ4v) is 2.92. The summed E-state index contributed by atoms with van der Waals surface area (Å²) >= 11 is 3.34. The smallest absolute Gasteiger partial charge is 0.254 e. The van der Waals surface area contributed by atoms with Gasteiger partial charge in [0, 0.05) is 18.3 Å². The number of benzene rings is 1. The highest BCUT2D eigenvalue weighted by molar-refractivity contribution is 9.10. The Bertz CT molecular complexity index is 598. The molecule has 0 bridgehead atoms. The monoisotopic (exact) mass is 330 g/mol. The molecule has 1 aromatic heterocycles. The Hall–Kier alpha value is -1.68. The van der Waals surface area contributed by atoms with E-state index in [0.29, 0.717) is 0 Å². The summed E-state index contributed by atoms with van der Waals surface area (Å²) in [5.41, 5.74) is 1.86. The molecule has 1 atom stereocenters. The molecule has 1 amide bonds. The molecule has 3 nitrogen and oxygen atoms in total. The van der Waals surface area contributed by atoms with E-state index < -0.39 is 0 Å². The van der Waals surface area contributed by atoms with Crippen LogP contribution in [-0.4, -0.2) is 22.3 Å². The molecule has 2 aromatic rings. The van der Waals surface area contributed by atoms with Gasteiger partial charge < -0.3 is 4.90 Å². The summed E-state index contributed by atoms with van der Waals surface area (Å²) in [6, 6.07) is 13.6. The zero-order valence-corrected chi connectivity index (χ0v) is 12.6. The Morgan fingerprint density at radius 2 is 2.00 bits per heavy atom. The van der Waals surface area contributed by atoms with Crippen LogP contribution in [0.15, 0.2) is 53.3 Å². The molecule has 0 radical (unpaired) electrons. The van der Waals surface area contributed by atoms with Gasteiger partial charge in [-0.15, -0.1) is 0 Å². The first-order chi connectivity index (χ1) is 9.75. The minimum Gasteiger partial charge on any atom is -0.332 e. The van der Waals surface area contributed by atoms with Crippen molar-refractivity contribution in [2.24, 2.45) is 0 Å². The van der Waals surface area contributed by atoms with Crippen molar-refractivity contribution in [1.82, 2.24) is 9.88 Å². The molecule has 0 N–H and O–H groups in total. The van der Waals surface area contributed by atoms with E-state index in [1.807, 2.05) is 53.6 Å². The number of hydrogen-bond donors (Lipinski definition) is 0. The first kappa shape index (κ1) is 13.3. The fraction of sp³-hybridized carbons (Fsp3) is 0.250. The van der Waals surface area contributed by atoms with Crippen molar-refractivity contribution in [3.8, 4) is 0 Å². The number of pyridine rings is 1. The highest BCUT2D eigenvalue weighted by Gasteiger charge is 2.30. The Morgan fingerprint density at radius 1 is 1.20 bits per heavy atom. The number of carbonyl (C=O) groups is 1. The number of rotatable bonds is 2. The second-order valence-electron chi connectivity index (χ2n) is 4.94. The van der Waals surface area contributed by atoms with Crippen LogP contribution < -0.4 is 0 Å². The van der Waals surface area contributed by atoms with Gasteiger partial charge in [-0.1, -0.05) is 24.3 Å². The van der Waals surface area contributed by atoms with E-state index >= 15 is 0 Å². The van der Waals surface area contributed by atoms with Crippen LogP contribution in [0.4, 0.5) is 0 Å². The minimum absolute atomic E-state index is 0.107. The molecule has 2 heterocycles. The molecule has 4 heteroatoms.